The van der Waals surface area contributed by atoms with E-state index in [1.165, 1.54) is 6.08 Å². The van der Waals surface area contributed by atoms with Crippen LogP contribution in [0.3, 0.4) is 0 Å². The van der Waals surface area contributed by atoms with Crippen molar-refractivity contribution in [2.75, 3.05) is 18.4 Å². The number of carbonyl (C=O) groups is 2. The number of piperidine rings is 1. The van der Waals surface area contributed by atoms with Gasteiger partial charge in [0.05, 0.1) is 17.2 Å². The van der Waals surface area contributed by atoms with E-state index in [4.69, 9.17) is 5.10 Å². The first-order valence-electron chi connectivity index (χ1n) is 9.26. The predicted octanol–water partition coefficient (Wildman–Crippen LogP) is 3.30. The highest BCUT2D eigenvalue weighted by molar-refractivity contribution is 5.93. The lowest BCUT2D eigenvalue weighted by atomic mass is 9.92. The Kier molecular flexibility index (Phi) is 5.64. The molecule has 1 N–H and O–H groups in total. The number of likely N-dealkylation sites (tertiary alicyclic amines) is 1. The smallest absolute Gasteiger partial charge is 0.245 e. The average Bonchev–Trinajstić information content (AvgIpc) is 2.98. The van der Waals surface area contributed by atoms with Crippen molar-refractivity contribution in [1.29, 1.82) is 0 Å². The molecule has 26 heavy (non-hydrogen) atoms. The molecule has 0 radical (unpaired) electrons. The lowest BCUT2D eigenvalue weighted by molar-refractivity contribution is -0.130. The van der Waals surface area contributed by atoms with Gasteiger partial charge in [0.1, 0.15) is 5.82 Å². The Balaban J connectivity index is 2.21. The van der Waals surface area contributed by atoms with Crippen LogP contribution < -0.4 is 5.32 Å². The van der Waals surface area contributed by atoms with Crippen LogP contribution in [-0.4, -0.2) is 39.6 Å². The van der Waals surface area contributed by atoms with E-state index in [1.54, 1.807) is 4.90 Å². The molecule has 1 saturated heterocycles. The topological polar surface area (TPSA) is 67.2 Å². The van der Waals surface area contributed by atoms with Gasteiger partial charge in [0.25, 0.3) is 0 Å². The van der Waals surface area contributed by atoms with Crippen molar-refractivity contribution in [3.8, 4) is 0 Å². The van der Waals surface area contributed by atoms with E-state index >= 15 is 0 Å². The van der Waals surface area contributed by atoms with Gasteiger partial charge in [-0.1, -0.05) is 27.4 Å². The zero-order valence-electron chi connectivity index (χ0n) is 16.9. The van der Waals surface area contributed by atoms with Gasteiger partial charge < -0.3 is 10.2 Å². The van der Waals surface area contributed by atoms with Crippen LogP contribution >= 0.6 is 0 Å². The third-order valence-electron chi connectivity index (χ3n) is 4.64. The molecule has 1 aromatic rings. The molecule has 1 atom stereocenters. The van der Waals surface area contributed by atoms with Crippen LogP contribution in [0.1, 0.15) is 60.1 Å². The minimum Gasteiger partial charge on any atom is -0.338 e. The fourth-order valence-corrected chi connectivity index (χ4v) is 3.10. The van der Waals surface area contributed by atoms with Gasteiger partial charge in [-0.2, -0.15) is 5.10 Å². The molecule has 1 aromatic heterocycles. The second-order valence-corrected chi connectivity index (χ2v) is 9.06. The molecule has 1 aliphatic heterocycles. The van der Waals surface area contributed by atoms with Crippen molar-refractivity contribution < 1.29 is 9.59 Å². The maximum atomic E-state index is 12.8. The number of nitrogens with zero attached hydrogens (tertiary/aromatic N) is 3. The third kappa shape index (κ3) is 4.54. The minimum atomic E-state index is -0.247. The van der Waals surface area contributed by atoms with Gasteiger partial charge in [-0.25, -0.2) is 4.68 Å². The number of hydrogen-bond acceptors (Lipinski definition) is 3. The molecule has 0 aromatic carbocycles. The number of amides is 2. The van der Waals surface area contributed by atoms with E-state index in [0.29, 0.717) is 18.9 Å². The Morgan fingerprint density at radius 2 is 1.92 bits per heavy atom. The van der Waals surface area contributed by atoms with Gasteiger partial charge in [0, 0.05) is 24.6 Å². The average molecular weight is 361 g/mol. The van der Waals surface area contributed by atoms with Crippen LogP contribution in [-0.2, 0) is 20.5 Å². The molecule has 0 saturated carbocycles. The summed E-state index contributed by atoms with van der Waals surface area (Å²) in [5.41, 5.74) is 0.590. The standard InChI is InChI=1S/C20H32N4O2/c1-8-17(25)23-11-9-10-14(13-23)18(26)21-16-12-15(19(2,3)4)22-24(16)20(5,6)7/h8,12,14H,1,9-11,13H2,2-7H3,(H,21,26). The first-order chi connectivity index (χ1) is 11.9. The summed E-state index contributed by atoms with van der Waals surface area (Å²) in [4.78, 5) is 26.4. The summed E-state index contributed by atoms with van der Waals surface area (Å²) in [5, 5.41) is 7.79. The SMILES string of the molecule is C=CC(=O)N1CCCC(C(=O)Nc2cc(C(C)(C)C)nn2C(C)(C)C)C1. The van der Waals surface area contributed by atoms with Gasteiger partial charge in [-0.3, -0.25) is 9.59 Å². The van der Waals surface area contributed by atoms with E-state index in [0.717, 1.165) is 18.5 Å². The van der Waals surface area contributed by atoms with Gasteiger partial charge in [0.2, 0.25) is 11.8 Å². The maximum Gasteiger partial charge on any atom is 0.245 e. The number of hydrogen-bond donors (Lipinski definition) is 1. The molecule has 6 nitrogen and oxygen atoms in total. The molecule has 0 aliphatic carbocycles. The van der Waals surface area contributed by atoms with Crippen molar-refractivity contribution >= 4 is 17.6 Å². The normalized spacial score (nSPS) is 18.5. The van der Waals surface area contributed by atoms with E-state index < -0.39 is 0 Å². The minimum absolute atomic E-state index is 0.0579. The molecule has 144 valence electrons. The van der Waals surface area contributed by atoms with E-state index in [1.807, 2.05) is 10.7 Å². The van der Waals surface area contributed by atoms with Crippen LogP contribution in [0.2, 0.25) is 0 Å². The lowest BCUT2D eigenvalue weighted by Gasteiger charge is -2.31. The van der Waals surface area contributed by atoms with Gasteiger partial charge >= 0.3 is 0 Å². The number of rotatable bonds is 3. The monoisotopic (exact) mass is 360 g/mol. The first-order valence-corrected chi connectivity index (χ1v) is 9.26. The van der Waals surface area contributed by atoms with E-state index in [2.05, 4.69) is 53.4 Å². The fourth-order valence-electron chi connectivity index (χ4n) is 3.10. The highest BCUT2D eigenvalue weighted by Crippen LogP contribution is 2.29. The molecule has 1 aliphatic rings. The van der Waals surface area contributed by atoms with Crippen LogP contribution in [0.25, 0.3) is 0 Å². The molecular formula is C20H32N4O2. The van der Waals surface area contributed by atoms with Crippen LogP contribution in [0.15, 0.2) is 18.7 Å². The summed E-state index contributed by atoms with van der Waals surface area (Å²) in [6.07, 6.45) is 2.91. The van der Waals surface area contributed by atoms with Crippen molar-refractivity contribution in [2.45, 2.75) is 65.3 Å². The predicted molar refractivity (Wildman–Crippen MR) is 104 cm³/mol. The summed E-state index contributed by atoms with van der Waals surface area (Å²) < 4.78 is 1.88. The quantitative estimate of drug-likeness (QED) is 0.841. The van der Waals surface area contributed by atoms with Crippen LogP contribution in [0, 0.1) is 5.92 Å². The second-order valence-electron chi connectivity index (χ2n) is 9.06. The molecule has 0 bridgehead atoms. The van der Waals surface area contributed by atoms with Crippen LogP contribution in [0.5, 0.6) is 0 Å². The largest absolute Gasteiger partial charge is 0.338 e. The Labute approximate surface area is 156 Å². The lowest BCUT2D eigenvalue weighted by Crippen LogP contribution is -2.43. The molecule has 1 unspecified atom stereocenters. The fraction of sp³-hybridized carbons (Fsp3) is 0.650. The first kappa shape index (κ1) is 20.2. The molecule has 0 spiro atoms. The summed E-state index contributed by atoms with van der Waals surface area (Å²) in [6, 6.07) is 1.96. The molecule has 2 heterocycles. The number of aromatic nitrogens is 2. The van der Waals surface area contributed by atoms with E-state index in [-0.39, 0.29) is 28.7 Å². The van der Waals surface area contributed by atoms with Gasteiger partial charge in [-0.05, 0) is 39.7 Å². The Bertz CT molecular complexity index is 692. The van der Waals surface area contributed by atoms with Crippen molar-refractivity contribution in [3.05, 3.63) is 24.4 Å². The van der Waals surface area contributed by atoms with Gasteiger partial charge in [-0.15, -0.1) is 0 Å². The molecule has 2 amide bonds. The van der Waals surface area contributed by atoms with Crippen molar-refractivity contribution in [1.82, 2.24) is 14.7 Å². The molecule has 1 fully saturated rings. The summed E-state index contributed by atoms with van der Waals surface area (Å²) in [6.45, 7) is 17.2. The molecular weight excluding hydrogens is 328 g/mol. The summed E-state index contributed by atoms with van der Waals surface area (Å²) in [7, 11) is 0. The molecule has 2 rings (SSSR count). The Morgan fingerprint density at radius 1 is 1.27 bits per heavy atom. The van der Waals surface area contributed by atoms with Crippen molar-refractivity contribution in [2.24, 2.45) is 5.92 Å². The Morgan fingerprint density at radius 3 is 2.46 bits per heavy atom. The maximum absolute atomic E-state index is 12.8. The van der Waals surface area contributed by atoms with Gasteiger partial charge in [0.15, 0.2) is 0 Å². The van der Waals surface area contributed by atoms with Crippen molar-refractivity contribution in [3.63, 3.8) is 0 Å². The number of nitrogens with one attached hydrogen (secondary N) is 1. The highest BCUT2D eigenvalue weighted by atomic mass is 16.2. The number of anilines is 1. The zero-order valence-corrected chi connectivity index (χ0v) is 16.9. The second kappa shape index (κ2) is 7.25. The highest BCUT2D eigenvalue weighted by Gasteiger charge is 2.30. The molecule has 6 heteroatoms. The third-order valence-corrected chi connectivity index (χ3v) is 4.64. The zero-order chi connectivity index (χ0) is 19.7. The number of carbonyl (C=O) groups excluding carboxylic acids is 2. The van der Waals surface area contributed by atoms with E-state index in [9.17, 15) is 9.59 Å². The van der Waals surface area contributed by atoms with Crippen LogP contribution in [0.4, 0.5) is 5.82 Å². The summed E-state index contributed by atoms with van der Waals surface area (Å²) in [5.74, 6) is 0.323. The summed E-state index contributed by atoms with van der Waals surface area (Å²) >= 11 is 0. The Hall–Kier alpha value is -2.11.